The average molecular weight is 600 g/mol. The number of carboxylic acid groups (broad SMARTS) is 1. The summed E-state index contributed by atoms with van der Waals surface area (Å²) < 4.78 is 31.5. The third-order valence-electron chi connectivity index (χ3n) is 6.98. The predicted molar refractivity (Wildman–Crippen MR) is 152 cm³/mol. The number of nitrogens with one attached hydrogen (secondary N) is 2. The van der Waals surface area contributed by atoms with E-state index in [2.05, 4.69) is 25.5 Å². The number of hydrogen-bond donors (Lipinski definition) is 3. The summed E-state index contributed by atoms with van der Waals surface area (Å²) in [5.74, 6) is -1.43. The van der Waals surface area contributed by atoms with E-state index in [0.717, 1.165) is 31.4 Å². The lowest BCUT2D eigenvalue weighted by Crippen LogP contribution is -2.36. The highest BCUT2D eigenvalue weighted by Crippen LogP contribution is 2.34. The van der Waals surface area contributed by atoms with E-state index in [-0.39, 0.29) is 31.8 Å². The molecule has 3 aromatic rings. The summed E-state index contributed by atoms with van der Waals surface area (Å²) >= 11 is 0.635. The molecule has 0 bridgehead atoms. The van der Waals surface area contributed by atoms with E-state index in [4.69, 9.17) is 4.74 Å². The summed E-state index contributed by atoms with van der Waals surface area (Å²) in [6.07, 6.45) is 4.21. The van der Waals surface area contributed by atoms with Gasteiger partial charge in [0.25, 0.3) is 0 Å². The molecule has 2 amide bonds. The number of urea groups is 1. The number of anilines is 3. The molecule has 1 aromatic carbocycles. The minimum Gasteiger partial charge on any atom is -0.481 e. The molecule has 3 N–H and O–H groups in total. The number of aromatic nitrogens is 2. The highest BCUT2D eigenvalue weighted by Gasteiger charge is 2.30. The van der Waals surface area contributed by atoms with Gasteiger partial charge in [0, 0.05) is 36.5 Å². The summed E-state index contributed by atoms with van der Waals surface area (Å²) in [6, 6.07) is 8.91. The van der Waals surface area contributed by atoms with E-state index < -0.39 is 28.3 Å². The van der Waals surface area contributed by atoms with Crippen molar-refractivity contribution in [2.24, 2.45) is 5.92 Å². The number of nitrogens with zero attached hydrogens (tertiary/aromatic N) is 3. The van der Waals surface area contributed by atoms with Crippen LogP contribution in [0.5, 0.6) is 0 Å². The number of aliphatic carboxylic acids is 1. The first-order valence-electron chi connectivity index (χ1n) is 13.2. The van der Waals surface area contributed by atoms with Crippen LogP contribution in [0.1, 0.15) is 41.7 Å². The third-order valence-corrected chi connectivity index (χ3v) is 10.2. The number of benzene rings is 1. The lowest BCUT2D eigenvalue weighted by molar-refractivity contribution is -0.136. The number of sulfone groups is 1. The summed E-state index contributed by atoms with van der Waals surface area (Å²) in [4.78, 5) is 48.1. The Morgan fingerprint density at radius 1 is 1.07 bits per heavy atom. The molecule has 2 fully saturated rings. The number of Topliss-reactive ketones (excluding diaryl/α,β-unsaturated/α-hetero) is 1. The van der Waals surface area contributed by atoms with Crippen molar-refractivity contribution < 1.29 is 32.6 Å². The Hall–Kier alpha value is -3.88. The number of morpholine rings is 1. The Morgan fingerprint density at radius 3 is 2.51 bits per heavy atom. The maximum Gasteiger partial charge on any atom is 0.325 e. The van der Waals surface area contributed by atoms with Crippen LogP contribution in [0.3, 0.4) is 0 Å². The van der Waals surface area contributed by atoms with Gasteiger partial charge in [0.05, 0.1) is 31.0 Å². The number of hydrogen-bond acceptors (Lipinski definition) is 10. The van der Waals surface area contributed by atoms with Gasteiger partial charge in [-0.25, -0.2) is 23.2 Å². The van der Waals surface area contributed by atoms with Crippen LogP contribution in [0.2, 0.25) is 0 Å². The van der Waals surface area contributed by atoms with Gasteiger partial charge in [-0.05, 0) is 43.2 Å². The lowest BCUT2D eigenvalue weighted by Gasteiger charge is -2.29. The standard InChI is InChI=1S/C27H29N5O7S2/c33-23(34)16-21-25(41(37,38)22-7-3-4-10-28-22)40-27(30-21)31-26(36)29-20-9-8-18(32-11-13-39-14-12-32)15-19(20)24(35)17-5-1-2-6-17/h3-4,7-10,15,17H,1-2,5-6,11-14,16H2,(H,33,34)(H2,29,30,31,36). The van der Waals surface area contributed by atoms with E-state index in [1.54, 1.807) is 18.2 Å². The summed E-state index contributed by atoms with van der Waals surface area (Å²) in [5.41, 5.74) is 1.37. The highest BCUT2D eigenvalue weighted by atomic mass is 32.2. The maximum absolute atomic E-state index is 13.5. The van der Waals surface area contributed by atoms with Crippen molar-refractivity contribution in [3.8, 4) is 0 Å². The number of ketones is 1. The van der Waals surface area contributed by atoms with E-state index in [0.29, 0.717) is 48.9 Å². The minimum atomic E-state index is -4.18. The van der Waals surface area contributed by atoms with Gasteiger partial charge in [-0.2, -0.15) is 0 Å². The molecule has 0 spiro atoms. The van der Waals surface area contributed by atoms with Gasteiger partial charge in [-0.15, -0.1) is 0 Å². The fourth-order valence-corrected chi connectivity index (χ4v) is 7.70. The van der Waals surface area contributed by atoms with Crippen molar-refractivity contribution >= 4 is 55.5 Å². The summed E-state index contributed by atoms with van der Waals surface area (Å²) in [5, 5.41) is 14.2. The van der Waals surface area contributed by atoms with Crippen LogP contribution in [0.4, 0.5) is 21.3 Å². The van der Waals surface area contributed by atoms with Crippen LogP contribution in [-0.2, 0) is 25.8 Å². The van der Waals surface area contributed by atoms with Crippen molar-refractivity contribution in [3.63, 3.8) is 0 Å². The predicted octanol–water partition coefficient (Wildman–Crippen LogP) is 3.85. The van der Waals surface area contributed by atoms with Crippen molar-refractivity contribution in [1.29, 1.82) is 0 Å². The molecule has 0 atom stereocenters. The fourth-order valence-electron chi connectivity index (χ4n) is 4.98. The molecule has 12 nitrogen and oxygen atoms in total. The first-order chi connectivity index (χ1) is 19.7. The van der Waals surface area contributed by atoms with E-state index in [1.165, 1.54) is 18.3 Å². The Kier molecular flexibility index (Phi) is 8.61. The van der Waals surface area contributed by atoms with Crippen LogP contribution in [0.25, 0.3) is 0 Å². The largest absolute Gasteiger partial charge is 0.481 e. The van der Waals surface area contributed by atoms with Crippen LogP contribution in [0, 0.1) is 5.92 Å². The van der Waals surface area contributed by atoms with Gasteiger partial charge < -0.3 is 20.1 Å². The van der Waals surface area contributed by atoms with Gasteiger partial charge in [-0.3, -0.25) is 14.9 Å². The molecule has 2 aromatic heterocycles. The summed E-state index contributed by atoms with van der Waals surface area (Å²) in [6.45, 7) is 2.56. The van der Waals surface area contributed by atoms with Crippen molar-refractivity contribution in [2.45, 2.75) is 41.3 Å². The van der Waals surface area contributed by atoms with Crippen LogP contribution < -0.4 is 15.5 Å². The molecular weight excluding hydrogens is 570 g/mol. The van der Waals surface area contributed by atoms with Gasteiger partial charge in [-0.1, -0.05) is 30.2 Å². The number of carbonyl (C=O) groups is 3. The molecule has 41 heavy (non-hydrogen) atoms. The number of pyridine rings is 1. The number of amides is 2. The second kappa shape index (κ2) is 12.3. The summed E-state index contributed by atoms with van der Waals surface area (Å²) in [7, 11) is -4.18. The molecule has 1 saturated heterocycles. The maximum atomic E-state index is 13.5. The van der Waals surface area contributed by atoms with Gasteiger partial charge in [0.1, 0.15) is 0 Å². The Balaban J connectivity index is 1.40. The van der Waals surface area contributed by atoms with Crippen molar-refractivity contribution in [3.05, 3.63) is 53.9 Å². The Bertz CT molecular complexity index is 1550. The number of ether oxygens (including phenoxy) is 1. The van der Waals surface area contributed by atoms with Gasteiger partial charge in [0.15, 0.2) is 20.1 Å². The fraction of sp³-hybridized carbons (Fsp3) is 0.370. The normalized spacial score (nSPS) is 16.0. The monoisotopic (exact) mass is 599 g/mol. The second-order valence-electron chi connectivity index (χ2n) is 9.75. The molecule has 0 radical (unpaired) electrons. The second-order valence-corrected chi connectivity index (χ2v) is 12.8. The van der Waals surface area contributed by atoms with Gasteiger partial charge in [0.2, 0.25) is 9.84 Å². The molecule has 1 aliphatic carbocycles. The molecular formula is C27H29N5O7S2. The molecule has 0 unspecified atom stereocenters. The number of carboxylic acids is 1. The molecule has 5 rings (SSSR count). The quantitative estimate of drug-likeness (QED) is 0.307. The molecule has 2 aliphatic rings. The SMILES string of the molecule is O=C(O)Cc1nc(NC(=O)Nc2ccc(N3CCOCC3)cc2C(=O)C2CCCC2)sc1S(=O)(=O)c1ccccn1. The van der Waals surface area contributed by atoms with Crippen molar-refractivity contribution in [1.82, 2.24) is 9.97 Å². The van der Waals surface area contributed by atoms with Gasteiger partial charge >= 0.3 is 12.0 Å². The lowest BCUT2D eigenvalue weighted by atomic mass is 9.94. The van der Waals surface area contributed by atoms with Crippen LogP contribution in [0.15, 0.2) is 51.8 Å². The zero-order chi connectivity index (χ0) is 29.0. The minimum absolute atomic E-state index is 0.0327. The topological polar surface area (TPSA) is 168 Å². The van der Waals surface area contributed by atoms with Crippen molar-refractivity contribution in [2.75, 3.05) is 41.8 Å². The Labute approximate surface area is 240 Å². The number of carbonyl (C=O) groups excluding carboxylic acids is 2. The first kappa shape index (κ1) is 28.6. The number of rotatable bonds is 9. The zero-order valence-corrected chi connectivity index (χ0v) is 23.7. The Morgan fingerprint density at radius 2 is 1.83 bits per heavy atom. The van der Waals surface area contributed by atoms with Crippen LogP contribution >= 0.6 is 11.3 Å². The van der Waals surface area contributed by atoms with E-state index >= 15 is 0 Å². The smallest absolute Gasteiger partial charge is 0.325 e. The average Bonchev–Trinajstić information content (AvgIpc) is 3.64. The highest BCUT2D eigenvalue weighted by molar-refractivity contribution is 7.93. The molecule has 3 heterocycles. The molecule has 1 saturated carbocycles. The van der Waals surface area contributed by atoms with Crippen LogP contribution in [-0.4, -0.2) is 67.6 Å². The molecule has 1 aliphatic heterocycles. The molecule has 14 heteroatoms. The first-order valence-corrected chi connectivity index (χ1v) is 15.5. The number of thiazole rings is 1. The van der Waals surface area contributed by atoms with E-state index in [1.807, 2.05) is 6.07 Å². The zero-order valence-electron chi connectivity index (χ0n) is 22.0. The van der Waals surface area contributed by atoms with E-state index in [9.17, 15) is 27.9 Å². The third kappa shape index (κ3) is 6.55. The molecule has 216 valence electrons.